The number of nitrogens with zero attached hydrogens (tertiary/aromatic N) is 3. The Bertz CT molecular complexity index is 512. The highest BCUT2D eigenvalue weighted by Gasteiger charge is 2.08. The van der Waals surface area contributed by atoms with Crippen LogP contribution >= 0.6 is 11.3 Å². The maximum Gasteiger partial charge on any atom is 0.186 e. The van der Waals surface area contributed by atoms with Crippen molar-refractivity contribution in [1.29, 1.82) is 0 Å². The van der Waals surface area contributed by atoms with Gasteiger partial charge in [0, 0.05) is 11.1 Å². The molecular weight excluding hydrogens is 239 g/mol. The first-order chi connectivity index (χ1) is 8.20. The number of hydrogen-bond acceptors (Lipinski definition) is 5. The topological polar surface area (TPSA) is 50.7 Å². The molecule has 6 heteroatoms. The molecule has 0 saturated carbocycles. The van der Waals surface area contributed by atoms with Gasteiger partial charge < -0.3 is 5.32 Å². The first kappa shape index (κ1) is 11.9. The molecule has 2 rings (SSSR count). The number of thiazole rings is 1. The Labute approximate surface area is 103 Å². The summed E-state index contributed by atoms with van der Waals surface area (Å²) in [6.07, 6.45) is 4.17. The normalized spacial score (nSPS) is 10.5. The van der Waals surface area contributed by atoms with Gasteiger partial charge in [0.05, 0.1) is 12.2 Å². The van der Waals surface area contributed by atoms with Crippen LogP contribution in [0.1, 0.15) is 22.5 Å². The molecule has 0 spiro atoms. The van der Waals surface area contributed by atoms with Crippen molar-refractivity contribution in [1.82, 2.24) is 15.0 Å². The molecular formula is C11H13FN4S. The van der Waals surface area contributed by atoms with Crippen LogP contribution in [0.4, 0.5) is 10.2 Å². The molecule has 0 radical (unpaired) electrons. The van der Waals surface area contributed by atoms with E-state index in [1.165, 1.54) is 11.2 Å². The van der Waals surface area contributed by atoms with Crippen LogP contribution in [-0.2, 0) is 13.0 Å². The number of anilines is 1. The monoisotopic (exact) mass is 252 g/mol. The first-order valence-electron chi connectivity index (χ1n) is 5.35. The van der Waals surface area contributed by atoms with Crippen LogP contribution in [0.5, 0.6) is 0 Å². The van der Waals surface area contributed by atoms with Gasteiger partial charge in [-0.3, -0.25) is 0 Å². The molecule has 0 amide bonds. The predicted molar refractivity (Wildman–Crippen MR) is 65.5 cm³/mol. The Kier molecular flexibility index (Phi) is 3.63. The number of aryl methyl sites for hydroxylation is 2. The van der Waals surface area contributed by atoms with Gasteiger partial charge in [0.25, 0.3) is 0 Å². The lowest BCUT2D eigenvalue weighted by Gasteiger charge is -2.05. The molecule has 0 atom stereocenters. The molecule has 17 heavy (non-hydrogen) atoms. The Balaban J connectivity index is 2.04. The molecule has 1 N–H and O–H groups in total. The second-order valence-electron chi connectivity index (χ2n) is 3.55. The van der Waals surface area contributed by atoms with E-state index in [1.54, 1.807) is 18.3 Å². The van der Waals surface area contributed by atoms with Crippen molar-refractivity contribution in [2.45, 2.75) is 26.8 Å². The fourth-order valence-electron chi connectivity index (χ4n) is 1.33. The van der Waals surface area contributed by atoms with Gasteiger partial charge in [-0.25, -0.2) is 19.3 Å². The summed E-state index contributed by atoms with van der Waals surface area (Å²) in [6, 6.07) is 0. The van der Waals surface area contributed by atoms with E-state index in [0.29, 0.717) is 12.2 Å². The predicted octanol–water partition coefficient (Wildman–Crippen LogP) is 2.56. The molecule has 0 aliphatic heterocycles. The van der Waals surface area contributed by atoms with Gasteiger partial charge in [-0.1, -0.05) is 6.92 Å². The third-order valence-corrected chi connectivity index (χ3v) is 3.46. The summed E-state index contributed by atoms with van der Waals surface area (Å²) in [4.78, 5) is 13.1. The highest BCUT2D eigenvalue weighted by molar-refractivity contribution is 7.11. The van der Waals surface area contributed by atoms with Gasteiger partial charge in [0.1, 0.15) is 11.3 Å². The SMILES string of the molecule is CCc1cnc(CNc2ncnc(C)c2F)s1. The average molecular weight is 252 g/mol. The van der Waals surface area contributed by atoms with Crippen molar-refractivity contribution in [2.75, 3.05) is 5.32 Å². The lowest BCUT2D eigenvalue weighted by Crippen LogP contribution is -2.05. The quantitative estimate of drug-likeness (QED) is 0.908. The van der Waals surface area contributed by atoms with Crippen molar-refractivity contribution < 1.29 is 4.39 Å². The molecule has 0 fully saturated rings. The van der Waals surface area contributed by atoms with E-state index >= 15 is 0 Å². The van der Waals surface area contributed by atoms with E-state index in [9.17, 15) is 4.39 Å². The molecule has 4 nitrogen and oxygen atoms in total. The summed E-state index contributed by atoms with van der Waals surface area (Å²) in [5.74, 6) is -0.175. The van der Waals surface area contributed by atoms with E-state index in [-0.39, 0.29) is 5.82 Å². The van der Waals surface area contributed by atoms with Crippen LogP contribution in [0.3, 0.4) is 0 Å². The maximum atomic E-state index is 13.6. The Morgan fingerprint density at radius 2 is 2.18 bits per heavy atom. The zero-order chi connectivity index (χ0) is 12.3. The Morgan fingerprint density at radius 3 is 2.88 bits per heavy atom. The molecule has 2 heterocycles. The van der Waals surface area contributed by atoms with Gasteiger partial charge in [-0.15, -0.1) is 11.3 Å². The number of hydrogen-bond donors (Lipinski definition) is 1. The highest BCUT2D eigenvalue weighted by atomic mass is 32.1. The summed E-state index contributed by atoms with van der Waals surface area (Å²) >= 11 is 1.62. The van der Waals surface area contributed by atoms with Crippen molar-refractivity contribution in [3.05, 3.63) is 33.9 Å². The van der Waals surface area contributed by atoms with Gasteiger partial charge in [0.2, 0.25) is 0 Å². The minimum absolute atomic E-state index is 0.228. The third kappa shape index (κ3) is 2.76. The minimum atomic E-state index is -0.403. The molecule has 0 aliphatic rings. The molecule has 2 aromatic heterocycles. The van der Waals surface area contributed by atoms with E-state index in [0.717, 1.165) is 11.4 Å². The van der Waals surface area contributed by atoms with Crippen molar-refractivity contribution >= 4 is 17.2 Å². The standard InChI is InChI=1S/C11H13FN4S/c1-3-8-4-13-9(17-8)5-14-11-10(12)7(2)15-6-16-11/h4,6H,3,5H2,1-2H3,(H,14,15,16). The van der Waals surface area contributed by atoms with Crippen molar-refractivity contribution in [3.8, 4) is 0 Å². The van der Waals surface area contributed by atoms with Gasteiger partial charge in [0.15, 0.2) is 11.6 Å². The summed E-state index contributed by atoms with van der Waals surface area (Å²) in [6.45, 7) is 4.18. The van der Waals surface area contributed by atoms with Crippen molar-refractivity contribution in [2.24, 2.45) is 0 Å². The second-order valence-corrected chi connectivity index (χ2v) is 4.75. The van der Waals surface area contributed by atoms with Crippen LogP contribution in [0.15, 0.2) is 12.5 Å². The largest absolute Gasteiger partial charge is 0.361 e. The van der Waals surface area contributed by atoms with Crippen LogP contribution in [0, 0.1) is 12.7 Å². The van der Waals surface area contributed by atoms with Crippen LogP contribution in [0.25, 0.3) is 0 Å². The van der Waals surface area contributed by atoms with E-state index < -0.39 is 5.82 Å². The first-order valence-corrected chi connectivity index (χ1v) is 6.17. The summed E-state index contributed by atoms with van der Waals surface area (Å²) in [5.41, 5.74) is 0.343. The van der Waals surface area contributed by atoms with E-state index in [2.05, 4.69) is 27.2 Å². The Hall–Kier alpha value is -1.56. The molecule has 0 aromatic carbocycles. The van der Waals surface area contributed by atoms with Gasteiger partial charge in [-0.2, -0.15) is 0 Å². The lowest BCUT2D eigenvalue weighted by atomic mass is 10.4. The van der Waals surface area contributed by atoms with E-state index in [1.807, 2.05) is 6.20 Å². The highest BCUT2D eigenvalue weighted by Crippen LogP contribution is 2.16. The zero-order valence-electron chi connectivity index (χ0n) is 9.70. The van der Waals surface area contributed by atoms with Gasteiger partial charge >= 0.3 is 0 Å². The zero-order valence-corrected chi connectivity index (χ0v) is 10.5. The third-order valence-electron chi connectivity index (χ3n) is 2.32. The average Bonchev–Trinajstić information content (AvgIpc) is 2.79. The number of rotatable bonds is 4. The lowest BCUT2D eigenvalue weighted by molar-refractivity contribution is 0.604. The van der Waals surface area contributed by atoms with Gasteiger partial charge in [-0.05, 0) is 13.3 Å². The fraction of sp³-hybridized carbons (Fsp3) is 0.364. The molecule has 0 bridgehead atoms. The minimum Gasteiger partial charge on any atom is -0.361 e. The Morgan fingerprint density at radius 1 is 1.35 bits per heavy atom. The van der Waals surface area contributed by atoms with Crippen LogP contribution < -0.4 is 5.32 Å². The summed E-state index contributed by atoms with van der Waals surface area (Å²) in [5, 5.41) is 3.86. The molecule has 0 aliphatic carbocycles. The number of aromatic nitrogens is 3. The molecule has 90 valence electrons. The molecule has 2 aromatic rings. The maximum absolute atomic E-state index is 13.6. The summed E-state index contributed by atoms with van der Waals surface area (Å²) < 4.78 is 13.6. The molecule has 0 unspecified atom stereocenters. The van der Waals surface area contributed by atoms with Crippen LogP contribution in [-0.4, -0.2) is 15.0 Å². The van der Waals surface area contributed by atoms with Crippen molar-refractivity contribution in [3.63, 3.8) is 0 Å². The van der Waals surface area contributed by atoms with Crippen LogP contribution in [0.2, 0.25) is 0 Å². The second kappa shape index (κ2) is 5.18. The molecule has 0 saturated heterocycles. The number of halogens is 1. The van der Waals surface area contributed by atoms with E-state index in [4.69, 9.17) is 0 Å². The number of nitrogens with one attached hydrogen (secondary N) is 1. The summed E-state index contributed by atoms with van der Waals surface area (Å²) in [7, 11) is 0. The fourth-order valence-corrected chi connectivity index (χ4v) is 2.14. The smallest absolute Gasteiger partial charge is 0.186 e.